The molecule has 0 aliphatic heterocycles. The van der Waals surface area contributed by atoms with Gasteiger partial charge in [0.1, 0.15) is 11.4 Å². The zero-order valence-corrected chi connectivity index (χ0v) is 28.4. The van der Waals surface area contributed by atoms with Crippen LogP contribution in [0.2, 0.25) is 0 Å². The number of rotatable bonds is 4. The summed E-state index contributed by atoms with van der Waals surface area (Å²) in [6.45, 7) is 0. The molecule has 0 saturated heterocycles. The molecule has 1 N–H and O–H groups in total. The first kappa shape index (κ1) is 44.3. The van der Waals surface area contributed by atoms with Gasteiger partial charge in [-0.3, -0.25) is 9.97 Å². The van der Waals surface area contributed by atoms with E-state index in [-0.39, 0.29) is 17.1 Å². The average Bonchev–Trinajstić information content (AvgIpc) is 3.09. The molecule has 0 saturated carbocycles. The van der Waals surface area contributed by atoms with Gasteiger partial charge in [-0.25, -0.2) is 47.2 Å². The van der Waals surface area contributed by atoms with E-state index >= 15 is 0 Å². The average molecular weight is 793 g/mol. The second-order valence-electron chi connectivity index (χ2n) is 8.83. The Balaban J connectivity index is 0.000000384. The quantitative estimate of drug-likeness (QED) is 0.0992. The summed E-state index contributed by atoms with van der Waals surface area (Å²) in [5.41, 5.74) is 5.41. The van der Waals surface area contributed by atoms with Gasteiger partial charge in [0.15, 0.2) is 12.4 Å². The first-order chi connectivity index (χ1) is 23.7. The fourth-order valence-corrected chi connectivity index (χ4v) is 3.72. The standard InChI is InChI=1S/2C15H11N3O.CH4O.2ClHO4.Cu/c2*19-18-11-4-2-9-15(18)14-8-5-7-13(17-14)12-6-1-3-10-16-12;1-2;2*2-1(3,4)5;/h2*1-11H;2H,1H3;2*(H,2,3,4,5);/q;;;;;+2/p-2. The third-order valence-electron chi connectivity index (χ3n) is 5.53. The predicted octanol–water partition coefficient (Wildman–Crippen LogP) is -5.02. The molecule has 20 heteroatoms. The van der Waals surface area contributed by atoms with E-state index in [0.717, 1.165) is 39.3 Å². The van der Waals surface area contributed by atoms with E-state index in [9.17, 15) is 10.4 Å². The first-order valence-corrected chi connectivity index (χ1v) is 16.0. The van der Waals surface area contributed by atoms with Crippen LogP contribution in [-0.4, -0.2) is 32.2 Å². The van der Waals surface area contributed by atoms with E-state index in [2.05, 4.69) is 19.9 Å². The van der Waals surface area contributed by atoms with E-state index in [4.69, 9.17) is 42.4 Å². The minimum atomic E-state index is -4.94. The molecule has 6 rings (SSSR count). The fourth-order valence-electron chi connectivity index (χ4n) is 3.72. The van der Waals surface area contributed by atoms with Crippen molar-refractivity contribution in [3.63, 3.8) is 0 Å². The molecule has 0 bridgehead atoms. The zero-order chi connectivity index (χ0) is 37.2. The Morgan fingerprint density at radius 1 is 0.431 bits per heavy atom. The van der Waals surface area contributed by atoms with Gasteiger partial charge in [0.2, 0.25) is 11.4 Å². The summed E-state index contributed by atoms with van der Waals surface area (Å²) in [5.74, 6) is 0. The van der Waals surface area contributed by atoms with Crippen LogP contribution in [0.15, 0.2) is 134 Å². The van der Waals surface area contributed by atoms with Crippen molar-refractivity contribution in [1.29, 1.82) is 0 Å². The molecule has 6 heterocycles. The van der Waals surface area contributed by atoms with Crippen LogP contribution in [0.25, 0.3) is 45.6 Å². The molecule has 17 nitrogen and oxygen atoms in total. The number of hydrogen-bond acceptors (Lipinski definition) is 15. The predicted molar refractivity (Wildman–Crippen MR) is 152 cm³/mol. The summed E-state index contributed by atoms with van der Waals surface area (Å²) in [5, 5.41) is 30.5. The molecule has 0 aromatic carbocycles. The Bertz CT molecular complexity index is 1730. The van der Waals surface area contributed by atoms with E-state index in [1.807, 2.05) is 84.9 Å². The largest absolute Gasteiger partial charge is 2.00 e. The van der Waals surface area contributed by atoms with Crippen LogP contribution >= 0.6 is 0 Å². The van der Waals surface area contributed by atoms with Gasteiger partial charge >= 0.3 is 17.1 Å². The van der Waals surface area contributed by atoms with Crippen molar-refractivity contribution in [1.82, 2.24) is 19.9 Å². The van der Waals surface area contributed by atoms with E-state index < -0.39 is 20.5 Å². The van der Waals surface area contributed by atoms with E-state index in [0.29, 0.717) is 22.8 Å². The van der Waals surface area contributed by atoms with Gasteiger partial charge in [-0.1, -0.05) is 24.3 Å². The van der Waals surface area contributed by atoms with Crippen LogP contribution in [0.1, 0.15) is 0 Å². The molecule has 271 valence electrons. The third-order valence-corrected chi connectivity index (χ3v) is 5.53. The maximum Gasteiger partial charge on any atom is 2.00 e. The molecule has 0 atom stereocenters. The van der Waals surface area contributed by atoms with Gasteiger partial charge in [0.05, 0.1) is 22.8 Å². The topological polar surface area (TPSA) is 310 Å². The minimum absolute atomic E-state index is 0. The monoisotopic (exact) mass is 791 g/mol. The van der Waals surface area contributed by atoms with E-state index in [1.54, 1.807) is 36.7 Å². The number of aromatic nitrogens is 6. The maximum atomic E-state index is 11.7. The molecular weight excluding hydrogens is 767 g/mol. The van der Waals surface area contributed by atoms with Crippen LogP contribution < -0.4 is 46.7 Å². The second kappa shape index (κ2) is 22.1. The van der Waals surface area contributed by atoms with Gasteiger partial charge in [-0.15, -0.1) is 20.5 Å². The number of aliphatic hydroxyl groups is 1. The molecule has 6 aromatic heterocycles. The summed E-state index contributed by atoms with van der Waals surface area (Å²) in [6, 6.07) is 33.0. The Labute approximate surface area is 305 Å². The minimum Gasteiger partial charge on any atom is -0.618 e. The van der Waals surface area contributed by atoms with Crippen molar-refractivity contribution in [3.05, 3.63) is 144 Å². The molecule has 0 fully saturated rings. The number of pyridine rings is 6. The van der Waals surface area contributed by atoms with Crippen LogP contribution in [0.5, 0.6) is 0 Å². The van der Waals surface area contributed by atoms with Crippen molar-refractivity contribution in [2.75, 3.05) is 7.11 Å². The molecular formula is C31H26Cl2CuN6O11. The van der Waals surface area contributed by atoms with Crippen molar-refractivity contribution in [2.24, 2.45) is 0 Å². The maximum absolute atomic E-state index is 11.7. The smallest absolute Gasteiger partial charge is 0.618 e. The van der Waals surface area contributed by atoms with Crippen LogP contribution in [0.4, 0.5) is 0 Å². The molecule has 0 aliphatic rings. The number of hydrogen-bond donors (Lipinski definition) is 1. The summed E-state index contributed by atoms with van der Waals surface area (Å²) < 4.78 is 69.6. The summed E-state index contributed by atoms with van der Waals surface area (Å²) in [4.78, 5) is 17.5. The van der Waals surface area contributed by atoms with Gasteiger partial charge in [-0.2, -0.15) is 9.46 Å². The van der Waals surface area contributed by atoms with Crippen molar-refractivity contribution >= 4 is 0 Å². The van der Waals surface area contributed by atoms with Gasteiger partial charge in [0, 0.05) is 43.8 Å². The van der Waals surface area contributed by atoms with E-state index in [1.165, 1.54) is 12.4 Å². The van der Waals surface area contributed by atoms with Gasteiger partial charge < -0.3 is 15.5 Å². The zero-order valence-electron chi connectivity index (χ0n) is 26.0. The van der Waals surface area contributed by atoms with Crippen LogP contribution in [0.3, 0.4) is 0 Å². The summed E-state index contributed by atoms with van der Waals surface area (Å²) >= 11 is 0. The molecule has 0 spiro atoms. The number of halogens is 2. The Morgan fingerprint density at radius 3 is 1.02 bits per heavy atom. The van der Waals surface area contributed by atoms with Crippen LogP contribution in [0, 0.1) is 30.9 Å². The SMILES string of the molecule is CO.[Cu+2].[O-][Cl+3]([O-])([O-])[O-].[O-][Cl+3]([O-])([O-])[O-].[O-][n+]1ccccc1-c1cccc(-c2ccccn2)n1.[O-][n+]1ccccc1-c1cccc(-c2ccccn2)n1. The molecule has 1 radical (unpaired) electrons. The summed E-state index contributed by atoms with van der Waals surface area (Å²) in [6.07, 6.45) is 6.37. The summed E-state index contributed by atoms with van der Waals surface area (Å²) in [7, 11) is -8.89. The third kappa shape index (κ3) is 17.6. The second-order valence-corrected chi connectivity index (χ2v) is 10.3. The Morgan fingerprint density at radius 2 is 0.725 bits per heavy atom. The number of nitrogens with zero attached hydrogens (tertiary/aromatic N) is 6. The Hall–Kier alpha value is -4.76. The molecule has 51 heavy (non-hydrogen) atoms. The molecule has 0 aliphatic carbocycles. The normalized spacial score (nSPS) is 10.2. The molecule has 6 aromatic rings. The first-order valence-electron chi connectivity index (χ1n) is 13.5. The fraction of sp³-hybridized carbons (Fsp3) is 0.0323. The van der Waals surface area contributed by atoms with Gasteiger partial charge in [-0.05, 0) is 60.7 Å². The van der Waals surface area contributed by atoms with Crippen molar-refractivity contribution in [3.8, 4) is 45.6 Å². The Kier molecular flexibility index (Phi) is 19.2. The van der Waals surface area contributed by atoms with Crippen molar-refractivity contribution < 1.29 is 89.4 Å². The number of aliphatic hydroxyl groups excluding tert-OH is 1. The van der Waals surface area contributed by atoms with Crippen LogP contribution in [-0.2, 0) is 17.1 Å². The molecule has 0 unspecified atom stereocenters. The van der Waals surface area contributed by atoms with Gasteiger partial charge in [0.25, 0.3) is 0 Å². The molecule has 0 amide bonds. The van der Waals surface area contributed by atoms with Crippen molar-refractivity contribution in [2.45, 2.75) is 0 Å².